The van der Waals surface area contributed by atoms with Gasteiger partial charge in [-0.25, -0.2) is 4.79 Å². The van der Waals surface area contributed by atoms with Crippen LogP contribution in [0.2, 0.25) is 0 Å². The lowest BCUT2D eigenvalue weighted by molar-refractivity contribution is -0.384. The largest absolute Gasteiger partial charge is 0.469 e. The molecule has 1 atom stereocenters. The smallest absolute Gasteiger partial charge is 0.319 e. The number of urea groups is 1. The van der Waals surface area contributed by atoms with Crippen LogP contribution >= 0.6 is 0 Å². The van der Waals surface area contributed by atoms with Crippen molar-refractivity contribution in [3.05, 3.63) is 69.8 Å². The van der Waals surface area contributed by atoms with E-state index in [1.807, 2.05) is 19.1 Å². The van der Waals surface area contributed by atoms with Gasteiger partial charge in [0, 0.05) is 17.8 Å². The predicted octanol–water partition coefficient (Wildman–Crippen LogP) is 3.33. The number of esters is 1. The van der Waals surface area contributed by atoms with Gasteiger partial charge in [-0.15, -0.1) is 0 Å². The highest BCUT2D eigenvalue weighted by Gasteiger charge is 2.21. The van der Waals surface area contributed by atoms with Gasteiger partial charge < -0.3 is 15.4 Å². The molecule has 8 heteroatoms. The van der Waals surface area contributed by atoms with Gasteiger partial charge in [0.1, 0.15) is 0 Å². The normalized spacial score (nSPS) is 11.3. The zero-order valence-electron chi connectivity index (χ0n) is 14.4. The Bertz CT molecular complexity index is 805. The zero-order valence-corrected chi connectivity index (χ0v) is 14.4. The molecule has 0 aliphatic carbocycles. The number of hydrogen-bond acceptors (Lipinski definition) is 5. The minimum Gasteiger partial charge on any atom is -0.469 e. The molecule has 0 aliphatic rings. The van der Waals surface area contributed by atoms with E-state index < -0.39 is 23.0 Å². The summed E-state index contributed by atoms with van der Waals surface area (Å²) in [5.74, 6) is -0.544. The molecule has 0 saturated heterocycles. The number of non-ortho nitro benzene ring substituents is 1. The van der Waals surface area contributed by atoms with Gasteiger partial charge in [-0.3, -0.25) is 14.9 Å². The van der Waals surface area contributed by atoms with Crippen molar-refractivity contribution in [3.8, 4) is 0 Å². The van der Waals surface area contributed by atoms with E-state index in [1.165, 1.54) is 25.3 Å². The summed E-state index contributed by atoms with van der Waals surface area (Å²) in [6.45, 7) is 1.93. The van der Waals surface area contributed by atoms with Crippen LogP contribution in [0.3, 0.4) is 0 Å². The Kier molecular flexibility index (Phi) is 6.26. The van der Waals surface area contributed by atoms with Crippen LogP contribution in [0.4, 0.5) is 16.2 Å². The number of hydrogen-bond donors (Lipinski definition) is 2. The lowest BCUT2D eigenvalue weighted by atomic mass is 10.0. The summed E-state index contributed by atoms with van der Waals surface area (Å²) in [4.78, 5) is 34.3. The minimum atomic E-state index is -0.771. The van der Waals surface area contributed by atoms with Crippen molar-refractivity contribution in [1.29, 1.82) is 0 Å². The van der Waals surface area contributed by atoms with Gasteiger partial charge in [0.2, 0.25) is 0 Å². The molecule has 2 aromatic carbocycles. The molecule has 0 bridgehead atoms. The van der Waals surface area contributed by atoms with Gasteiger partial charge in [-0.05, 0) is 24.6 Å². The van der Waals surface area contributed by atoms with Crippen LogP contribution in [0.1, 0.15) is 23.6 Å². The number of nitrogens with zero attached hydrogens (tertiary/aromatic N) is 1. The molecular weight excluding hydrogens is 338 g/mol. The topological polar surface area (TPSA) is 111 Å². The Balaban J connectivity index is 2.17. The first-order chi connectivity index (χ1) is 12.4. The van der Waals surface area contributed by atoms with Gasteiger partial charge in [-0.1, -0.05) is 29.8 Å². The average Bonchev–Trinajstić information content (AvgIpc) is 2.63. The molecule has 0 aliphatic heterocycles. The van der Waals surface area contributed by atoms with Crippen molar-refractivity contribution in [2.75, 3.05) is 12.4 Å². The Morgan fingerprint density at radius 2 is 1.88 bits per heavy atom. The van der Waals surface area contributed by atoms with Crippen LogP contribution in [0.25, 0.3) is 0 Å². The molecule has 0 saturated carbocycles. The second-order valence-electron chi connectivity index (χ2n) is 5.65. The molecule has 0 spiro atoms. The fourth-order valence-corrected chi connectivity index (χ4v) is 2.32. The Morgan fingerprint density at radius 3 is 2.50 bits per heavy atom. The highest BCUT2D eigenvalue weighted by atomic mass is 16.6. The molecule has 0 unspecified atom stereocenters. The van der Waals surface area contributed by atoms with E-state index in [2.05, 4.69) is 15.4 Å². The number of aryl methyl sites for hydroxylation is 1. The number of amides is 2. The van der Waals surface area contributed by atoms with Crippen LogP contribution in [-0.4, -0.2) is 24.0 Å². The maximum Gasteiger partial charge on any atom is 0.319 e. The average molecular weight is 357 g/mol. The molecule has 0 fully saturated rings. The number of nitrogens with one attached hydrogen (secondary N) is 2. The number of carbonyl (C=O) groups is 2. The van der Waals surface area contributed by atoms with Gasteiger partial charge in [0.05, 0.1) is 24.5 Å². The summed E-state index contributed by atoms with van der Waals surface area (Å²) >= 11 is 0. The molecule has 2 rings (SSSR count). The number of nitro benzene ring substituents is 1. The molecule has 0 aromatic heterocycles. The highest BCUT2D eigenvalue weighted by Crippen LogP contribution is 2.22. The summed E-state index contributed by atoms with van der Waals surface area (Å²) in [6, 6.07) is 11.6. The van der Waals surface area contributed by atoms with E-state index in [1.54, 1.807) is 18.2 Å². The Labute approximate surface area is 150 Å². The lowest BCUT2D eigenvalue weighted by Gasteiger charge is -2.18. The molecule has 26 heavy (non-hydrogen) atoms. The van der Waals surface area contributed by atoms with Crippen molar-refractivity contribution in [2.45, 2.75) is 19.4 Å². The van der Waals surface area contributed by atoms with Crippen LogP contribution in [0, 0.1) is 17.0 Å². The van der Waals surface area contributed by atoms with E-state index in [0.29, 0.717) is 11.3 Å². The van der Waals surface area contributed by atoms with Crippen LogP contribution in [0.15, 0.2) is 48.5 Å². The molecule has 2 N–H and O–H groups in total. The molecular formula is C18H19N3O5. The third kappa shape index (κ3) is 5.30. The number of nitro groups is 1. The fraction of sp³-hybridized carbons (Fsp3) is 0.222. The van der Waals surface area contributed by atoms with E-state index in [-0.39, 0.29) is 12.1 Å². The van der Waals surface area contributed by atoms with Crippen LogP contribution in [0.5, 0.6) is 0 Å². The summed E-state index contributed by atoms with van der Waals surface area (Å²) in [5.41, 5.74) is 1.95. The second kappa shape index (κ2) is 8.61. The van der Waals surface area contributed by atoms with Crippen molar-refractivity contribution in [2.24, 2.45) is 0 Å². The minimum absolute atomic E-state index is 0.127. The van der Waals surface area contributed by atoms with E-state index in [0.717, 1.165) is 5.56 Å². The SMILES string of the molecule is COC(=O)C[C@@H](NC(=O)Nc1ccc(C)cc1)c1cccc([N+](=O)[O-])c1. The van der Waals surface area contributed by atoms with E-state index in [9.17, 15) is 19.7 Å². The Hall–Kier alpha value is -3.42. The zero-order chi connectivity index (χ0) is 19.1. The van der Waals surface area contributed by atoms with Gasteiger partial charge >= 0.3 is 12.0 Å². The third-order valence-electron chi connectivity index (χ3n) is 3.70. The standard InChI is InChI=1S/C18H19N3O5/c1-12-6-8-14(9-7-12)19-18(23)20-16(11-17(22)26-2)13-4-3-5-15(10-13)21(24)25/h3-10,16H,11H2,1-2H3,(H2,19,20,23)/t16-/m1/s1. The molecule has 0 radical (unpaired) electrons. The first-order valence-electron chi connectivity index (χ1n) is 7.84. The summed E-state index contributed by atoms with van der Waals surface area (Å²) < 4.78 is 4.65. The number of rotatable bonds is 6. The molecule has 8 nitrogen and oxygen atoms in total. The fourth-order valence-electron chi connectivity index (χ4n) is 2.32. The Morgan fingerprint density at radius 1 is 1.19 bits per heavy atom. The highest BCUT2D eigenvalue weighted by molar-refractivity contribution is 5.89. The molecule has 2 amide bonds. The molecule has 2 aromatic rings. The quantitative estimate of drug-likeness (QED) is 0.468. The van der Waals surface area contributed by atoms with Crippen molar-refractivity contribution in [3.63, 3.8) is 0 Å². The summed E-state index contributed by atoms with van der Waals surface area (Å²) in [7, 11) is 1.24. The van der Waals surface area contributed by atoms with Crippen LogP contribution in [-0.2, 0) is 9.53 Å². The number of benzene rings is 2. The van der Waals surface area contributed by atoms with Crippen molar-refractivity contribution >= 4 is 23.4 Å². The van der Waals surface area contributed by atoms with E-state index >= 15 is 0 Å². The van der Waals surface area contributed by atoms with E-state index in [4.69, 9.17) is 0 Å². The van der Waals surface area contributed by atoms with Gasteiger partial charge in [0.25, 0.3) is 5.69 Å². The van der Waals surface area contributed by atoms with Crippen molar-refractivity contribution in [1.82, 2.24) is 5.32 Å². The van der Waals surface area contributed by atoms with Gasteiger partial charge in [-0.2, -0.15) is 0 Å². The predicted molar refractivity (Wildman–Crippen MR) is 95.8 cm³/mol. The maximum absolute atomic E-state index is 12.3. The number of ether oxygens (including phenoxy) is 1. The van der Waals surface area contributed by atoms with Crippen LogP contribution < -0.4 is 10.6 Å². The number of methoxy groups -OCH3 is 1. The number of anilines is 1. The maximum atomic E-state index is 12.3. The first kappa shape index (κ1) is 18.9. The number of carbonyl (C=O) groups excluding carboxylic acids is 2. The second-order valence-corrected chi connectivity index (χ2v) is 5.65. The summed E-state index contributed by atoms with van der Waals surface area (Å²) in [6.07, 6.45) is -0.154. The monoisotopic (exact) mass is 357 g/mol. The third-order valence-corrected chi connectivity index (χ3v) is 3.70. The lowest BCUT2D eigenvalue weighted by Crippen LogP contribution is -2.34. The molecule has 0 heterocycles. The molecule has 136 valence electrons. The first-order valence-corrected chi connectivity index (χ1v) is 7.84. The van der Waals surface area contributed by atoms with Gasteiger partial charge in [0.15, 0.2) is 0 Å². The summed E-state index contributed by atoms with van der Waals surface area (Å²) in [5, 5.41) is 16.3. The van der Waals surface area contributed by atoms with Crippen molar-refractivity contribution < 1.29 is 19.2 Å².